The summed E-state index contributed by atoms with van der Waals surface area (Å²) in [7, 11) is -3.94. The van der Waals surface area contributed by atoms with Gasteiger partial charge in [0.25, 0.3) is 10.0 Å². The van der Waals surface area contributed by atoms with Crippen molar-refractivity contribution in [2.45, 2.75) is 76.2 Å². The van der Waals surface area contributed by atoms with Crippen LogP contribution >= 0.6 is 0 Å². The molecule has 0 heterocycles. The number of sulfonamides is 1. The molecule has 0 radical (unpaired) electrons. The summed E-state index contributed by atoms with van der Waals surface area (Å²) in [5, 5.41) is 0. The predicted octanol–water partition coefficient (Wildman–Crippen LogP) is 5.26. The summed E-state index contributed by atoms with van der Waals surface area (Å²) in [6.07, 6.45) is 8.31. The van der Waals surface area contributed by atoms with E-state index in [9.17, 15) is 13.2 Å². The van der Waals surface area contributed by atoms with Gasteiger partial charge in [0.2, 0.25) is 0 Å². The van der Waals surface area contributed by atoms with Gasteiger partial charge in [-0.15, -0.1) is 5.73 Å². The summed E-state index contributed by atoms with van der Waals surface area (Å²) in [4.78, 5) is 12.1. The van der Waals surface area contributed by atoms with Crippen LogP contribution in [-0.2, 0) is 14.8 Å². The number of unbranched alkanes of at least 4 members (excludes halogenated alkanes) is 5. The highest BCUT2D eigenvalue weighted by molar-refractivity contribution is 7.90. The molecule has 1 rings (SSSR count). The first-order valence-corrected chi connectivity index (χ1v) is 11.0. The van der Waals surface area contributed by atoms with Gasteiger partial charge in [0.15, 0.2) is 0 Å². The molecule has 27 heavy (non-hydrogen) atoms. The Balaban J connectivity index is 2.56. The number of hydrogen-bond acceptors (Lipinski definition) is 4. The normalized spacial score (nSPS) is 12.1. The molecule has 0 aliphatic heterocycles. The van der Waals surface area contributed by atoms with Gasteiger partial charge in [0.1, 0.15) is 6.10 Å². The highest BCUT2D eigenvalue weighted by atomic mass is 32.2. The topological polar surface area (TPSA) is 72.5 Å². The summed E-state index contributed by atoms with van der Waals surface area (Å²) in [6.45, 7) is 7.55. The van der Waals surface area contributed by atoms with Gasteiger partial charge in [-0.3, -0.25) is 0 Å². The maximum Gasteiger partial charge on any atom is 0.421 e. The van der Waals surface area contributed by atoms with E-state index in [0.717, 1.165) is 24.8 Å². The standard InChI is InChI=1S/C21H31NO4S/c1-4-6-8-9-10-11-13-19(12-7-5-2)26-21(23)22-27(24,25)20-16-14-18(3)15-17-20/h7,14-17,19H,2,4,6,8-13H2,1,3H3,(H,22,23). The Hall–Kier alpha value is -2.04. The smallest absolute Gasteiger partial charge is 0.421 e. The average molecular weight is 394 g/mol. The molecule has 5 nitrogen and oxygen atoms in total. The number of nitrogens with one attached hydrogen (secondary N) is 1. The first kappa shape index (κ1) is 23.0. The summed E-state index contributed by atoms with van der Waals surface area (Å²) in [5.74, 6) is 0. The Kier molecular flexibility index (Phi) is 10.5. The highest BCUT2D eigenvalue weighted by Gasteiger charge is 2.21. The van der Waals surface area contributed by atoms with E-state index in [1.165, 1.54) is 31.4 Å². The van der Waals surface area contributed by atoms with E-state index < -0.39 is 22.2 Å². The van der Waals surface area contributed by atoms with E-state index in [-0.39, 0.29) is 4.90 Å². The van der Waals surface area contributed by atoms with E-state index in [4.69, 9.17) is 4.74 Å². The molecule has 0 fully saturated rings. The number of aryl methyl sites for hydroxylation is 1. The molecular weight excluding hydrogens is 362 g/mol. The van der Waals surface area contributed by atoms with Gasteiger partial charge in [-0.25, -0.2) is 17.9 Å². The lowest BCUT2D eigenvalue weighted by atomic mass is 10.1. The maximum absolute atomic E-state index is 12.3. The minimum absolute atomic E-state index is 0.0310. The third-order valence-corrected chi connectivity index (χ3v) is 5.56. The van der Waals surface area contributed by atoms with Crippen LogP contribution in [0.3, 0.4) is 0 Å². The van der Waals surface area contributed by atoms with Crippen molar-refractivity contribution in [1.29, 1.82) is 0 Å². The zero-order chi connectivity index (χ0) is 20.1. The van der Waals surface area contributed by atoms with Crippen molar-refractivity contribution in [3.8, 4) is 0 Å². The molecule has 0 saturated carbocycles. The Morgan fingerprint density at radius 1 is 1.19 bits per heavy atom. The molecule has 0 bridgehead atoms. The summed E-state index contributed by atoms with van der Waals surface area (Å²) in [5.41, 5.74) is 3.60. The van der Waals surface area contributed by atoms with Crippen LogP contribution in [0.5, 0.6) is 0 Å². The van der Waals surface area contributed by atoms with Crippen LogP contribution in [0, 0.1) is 6.92 Å². The fraction of sp³-hybridized carbons (Fsp3) is 0.524. The Morgan fingerprint density at radius 3 is 2.44 bits per heavy atom. The Labute approximate surface area is 163 Å². The van der Waals surface area contributed by atoms with Crippen molar-refractivity contribution in [2.75, 3.05) is 0 Å². The number of ether oxygens (including phenoxy) is 1. The predicted molar refractivity (Wildman–Crippen MR) is 108 cm³/mol. The SMILES string of the molecule is C=C=CCC(CCCCCCCC)OC(=O)NS(=O)(=O)c1ccc(C)cc1. The van der Waals surface area contributed by atoms with Gasteiger partial charge in [-0.1, -0.05) is 63.3 Å². The molecule has 0 saturated heterocycles. The van der Waals surface area contributed by atoms with E-state index >= 15 is 0 Å². The molecule has 1 unspecified atom stereocenters. The molecule has 6 heteroatoms. The van der Waals surface area contributed by atoms with E-state index in [0.29, 0.717) is 12.8 Å². The molecule has 1 aromatic rings. The van der Waals surface area contributed by atoms with Gasteiger partial charge in [0, 0.05) is 6.42 Å². The van der Waals surface area contributed by atoms with Crippen LogP contribution in [0.4, 0.5) is 4.79 Å². The van der Waals surface area contributed by atoms with Gasteiger partial charge >= 0.3 is 6.09 Å². The quantitative estimate of drug-likeness (QED) is 0.388. The summed E-state index contributed by atoms with van der Waals surface area (Å²) in [6, 6.07) is 6.27. The Bertz CT molecular complexity index is 719. The van der Waals surface area contributed by atoms with Crippen molar-refractivity contribution in [3.63, 3.8) is 0 Å². The van der Waals surface area contributed by atoms with E-state index in [2.05, 4.69) is 19.2 Å². The van der Waals surface area contributed by atoms with Crippen LogP contribution in [0.2, 0.25) is 0 Å². The molecule has 1 N–H and O–H groups in total. The van der Waals surface area contributed by atoms with Gasteiger partial charge in [-0.05, 0) is 38.0 Å². The number of rotatable bonds is 12. The zero-order valence-corrected chi connectivity index (χ0v) is 17.2. The second-order valence-corrected chi connectivity index (χ2v) is 8.33. The van der Waals surface area contributed by atoms with Crippen LogP contribution in [0.1, 0.15) is 63.9 Å². The molecular formula is C21H31NO4S. The van der Waals surface area contributed by atoms with Gasteiger partial charge < -0.3 is 4.74 Å². The summed E-state index contributed by atoms with van der Waals surface area (Å²) < 4.78 is 31.8. The van der Waals surface area contributed by atoms with Gasteiger partial charge in [0.05, 0.1) is 4.90 Å². The Morgan fingerprint density at radius 2 is 1.81 bits per heavy atom. The van der Waals surface area contributed by atoms with Crippen molar-refractivity contribution in [1.82, 2.24) is 4.72 Å². The van der Waals surface area contributed by atoms with Crippen LogP contribution < -0.4 is 4.72 Å². The number of carbonyl (C=O) groups is 1. The van der Waals surface area contributed by atoms with E-state index in [1.807, 2.05) is 11.6 Å². The minimum Gasteiger partial charge on any atom is -0.445 e. The van der Waals surface area contributed by atoms with Crippen molar-refractivity contribution in [2.24, 2.45) is 0 Å². The molecule has 0 spiro atoms. The van der Waals surface area contributed by atoms with Crippen molar-refractivity contribution < 1.29 is 17.9 Å². The first-order valence-electron chi connectivity index (χ1n) is 9.53. The fourth-order valence-electron chi connectivity index (χ4n) is 2.65. The number of hydrogen-bond donors (Lipinski definition) is 1. The monoisotopic (exact) mass is 393 g/mol. The van der Waals surface area contributed by atoms with Crippen LogP contribution in [0.25, 0.3) is 0 Å². The second-order valence-electron chi connectivity index (χ2n) is 6.65. The van der Waals surface area contributed by atoms with E-state index in [1.54, 1.807) is 18.2 Å². The molecule has 0 aromatic heterocycles. The largest absolute Gasteiger partial charge is 0.445 e. The number of benzene rings is 1. The van der Waals surface area contributed by atoms with Crippen molar-refractivity contribution in [3.05, 3.63) is 48.2 Å². The third kappa shape index (κ3) is 9.45. The van der Waals surface area contributed by atoms with Crippen LogP contribution in [-0.4, -0.2) is 20.6 Å². The lowest BCUT2D eigenvalue weighted by Crippen LogP contribution is -2.33. The third-order valence-electron chi connectivity index (χ3n) is 4.23. The number of amides is 1. The fourth-order valence-corrected chi connectivity index (χ4v) is 3.53. The number of carbonyl (C=O) groups excluding carboxylic acids is 1. The lowest BCUT2D eigenvalue weighted by molar-refractivity contribution is 0.0974. The maximum atomic E-state index is 12.3. The molecule has 1 atom stereocenters. The lowest BCUT2D eigenvalue weighted by Gasteiger charge is -2.17. The van der Waals surface area contributed by atoms with Crippen molar-refractivity contribution >= 4 is 16.1 Å². The molecule has 0 aliphatic rings. The zero-order valence-electron chi connectivity index (χ0n) is 16.4. The summed E-state index contributed by atoms with van der Waals surface area (Å²) >= 11 is 0. The minimum atomic E-state index is -3.94. The molecule has 1 aromatic carbocycles. The van der Waals surface area contributed by atoms with Gasteiger partial charge in [-0.2, -0.15) is 0 Å². The molecule has 0 aliphatic carbocycles. The molecule has 150 valence electrons. The van der Waals surface area contributed by atoms with Crippen LogP contribution in [0.15, 0.2) is 47.5 Å². The molecule has 1 amide bonds. The first-order chi connectivity index (χ1) is 12.9. The average Bonchev–Trinajstić information content (AvgIpc) is 2.62. The highest BCUT2D eigenvalue weighted by Crippen LogP contribution is 2.15. The second kappa shape index (κ2) is 12.4.